The van der Waals surface area contributed by atoms with E-state index in [0.717, 1.165) is 0 Å². The lowest BCUT2D eigenvalue weighted by Crippen LogP contribution is -2.07. The molecule has 5 nitrogen and oxygen atoms in total. The number of aromatic hydroxyl groups is 2. The molecule has 0 fully saturated rings. The third-order valence-corrected chi connectivity index (χ3v) is 4.99. The quantitative estimate of drug-likeness (QED) is 0.751. The van der Waals surface area contributed by atoms with Gasteiger partial charge in [-0.1, -0.05) is 13.0 Å². The maximum absolute atomic E-state index is 12.4. The monoisotopic (exact) mass is 288 g/mol. The molecule has 0 aliphatic carbocycles. The molecule has 6 heteroatoms. The minimum absolute atomic E-state index is 0.00810. The van der Waals surface area contributed by atoms with Gasteiger partial charge in [-0.25, -0.2) is 0 Å². The van der Waals surface area contributed by atoms with Crippen molar-refractivity contribution in [2.24, 2.45) is 0 Å². The Kier molecular flexibility index (Phi) is 5.85. The summed E-state index contributed by atoms with van der Waals surface area (Å²) in [5, 5.41) is 19.0. The van der Waals surface area contributed by atoms with Crippen LogP contribution in [0.4, 0.5) is 0 Å². The fourth-order valence-corrected chi connectivity index (χ4v) is 3.86. The molecular weight excluding hydrogens is 267 g/mol. The Balaban J connectivity index is 2.87. The first-order chi connectivity index (χ1) is 8.91. The van der Waals surface area contributed by atoms with Crippen LogP contribution < -0.4 is 0 Å². The van der Waals surface area contributed by atoms with Gasteiger partial charge in [-0.15, -0.1) is 0 Å². The molecule has 1 aromatic carbocycles. The normalized spacial score (nSPS) is 13.4. The van der Waals surface area contributed by atoms with E-state index in [4.69, 9.17) is 9.05 Å². The summed E-state index contributed by atoms with van der Waals surface area (Å²) in [4.78, 5) is 0. The largest absolute Gasteiger partial charge is 0.508 e. The number of rotatable bonds is 7. The first-order valence-electron chi connectivity index (χ1n) is 6.32. The molecule has 0 saturated heterocycles. The molecule has 0 aliphatic rings. The van der Waals surface area contributed by atoms with Crippen molar-refractivity contribution in [3.05, 3.63) is 23.8 Å². The average Bonchev–Trinajstić information content (AvgIpc) is 2.28. The molecule has 0 aromatic heterocycles. The van der Waals surface area contributed by atoms with E-state index >= 15 is 0 Å². The first-order valence-corrected chi connectivity index (χ1v) is 8.04. The molecule has 108 valence electrons. The average molecular weight is 288 g/mol. The fraction of sp³-hybridized carbons (Fsp3) is 0.538. The van der Waals surface area contributed by atoms with Crippen molar-refractivity contribution in [2.45, 2.75) is 26.7 Å². The Morgan fingerprint density at radius 1 is 1.21 bits per heavy atom. The SMILES string of the molecule is CCOP(=O)(CC(C)c1ccc(O)cc1O)OCC. The highest BCUT2D eigenvalue weighted by atomic mass is 31.2. The second-order valence-corrected chi connectivity index (χ2v) is 6.38. The molecule has 0 spiro atoms. The fourth-order valence-electron chi connectivity index (χ4n) is 1.92. The highest BCUT2D eigenvalue weighted by Gasteiger charge is 2.28. The Bertz CT molecular complexity index is 450. The van der Waals surface area contributed by atoms with Gasteiger partial charge in [-0.2, -0.15) is 0 Å². The van der Waals surface area contributed by atoms with E-state index in [1.165, 1.54) is 12.1 Å². The molecule has 1 rings (SSSR count). The zero-order valence-electron chi connectivity index (χ0n) is 11.5. The van der Waals surface area contributed by atoms with E-state index in [0.29, 0.717) is 18.8 Å². The molecule has 19 heavy (non-hydrogen) atoms. The van der Waals surface area contributed by atoms with Crippen molar-refractivity contribution in [1.29, 1.82) is 0 Å². The van der Waals surface area contributed by atoms with Crippen LogP contribution in [0.3, 0.4) is 0 Å². The molecule has 0 saturated carbocycles. The summed E-state index contributed by atoms with van der Waals surface area (Å²) in [7, 11) is -3.15. The smallest absolute Gasteiger partial charge is 0.331 e. The topological polar surface area (TPSA) is 76.0 Å². The van der Waals surface area contributed by atoms with Crippen LogP contribution in [0, 0.1) is 0 Å². The van der Waals surface area contributed by atoms with E-state index in [1.807, 2.05) is 6.92 Å². The third kappa shape index (κ3) is 4.53. The Labute approximate surface area is 113 Å². The number of phenolic OH excluding ortho intramolecular Hbond substituents is 2. The summed E-state index contributed by atoms with van der Waals surface area (Å²) in [5.41, 5.74) is 0.609. The van der Waals surface area contributed by atoms with E-state index in [9.17, 15) is 14.8 Å². The summed E-state index contributed by atoms with van der Waals surface area (Å²) in [6, 6.07) is 4.35. The molecule has 0 aliphatic heterocycles. The minimum Gasteiger partial charge on any atom is -0.508 e. The zero-order valence-corrected chi connectivity index (χ0v) is 12.4. The maximum Gasteiger partial charge on any atom is 0.331 e. The van der Waals surface area contributed by atoms with Crippen LogP contribution in [0.25, 0.3) is 0 Å². The van der Waals surface area contributed by atoms with Gasteiger partial charge in [0, 0.05) is 6.07 Å². The molecule has 2 N–H and O–H groups in total. The van der Waals surface area contributed by atoms with Gasteiger partial charge in [0.25, 0.3) is 0 Å². The minimum atomic E-state index is -3.15. The predicted molar refractivity (Wildman–Crippen MR) is 73.9 cm³/mol. The number of hydrogen-bond donors (Lipinski definition) is 2. The van der Waals surface area contributed by atoms with Gasteiger partial charge in [-0.3, -0.25) is 4.57 Å². The Hall–Kier alpha value is -1.03. The summed E-state index contributed by atoms with van der Waals surface area (Å²) < 4.78 is 22.9. The lowest BCUT2D eigenvalue weighted by molar-refractivity contribution is 0.219. The summed E-state index contributed by atoms with van der Waals surface area (Å²) in [6.45, 7) is 5.97. The van der Waals surface area contributed by atoms with E-state index < -0.39 is 7.60 Å². The maximum atomic E-state index is 12.4. The molecule has 0 radical (unpaired) electrons. The number of phenols is 2. The summed E-state index contributed by atoms with van der Waals surface area (Å²) in [5.74, 6) is -0.233. The van der Waals surface area contributed by atoms with Crippen molar-refractivity contribution in [3.8, 4) is 11.5 Å². The van der Waals surface area contributed by atoms with Gasteiger partial charge in [0.1, 0.15) is 11.5 Å². The highest BCUT2D eigenvalue weighted by molar-refractivity contribution is 7.53. The van der Waals surface area contributed by atoms with Gasteiger partial charge in [0.05, 0.1) is 19.4 Å². The van der Waals surface area contributed by atoms with Crippen LogP contribution in [0.1, 0.15) is 32.3 Å². The van der Waals surface area contributed by atoms with Crippen molar-refractivity contribution < 1.29 is 23.8 Å². The first kappa shape index (κ1) is 16.0. The molecule has 1 unspecified atom stereocenters. The second-order valence-electron chi connectivity index (χ2n) is 4.27. The van der Waals surface area contributed by atoms with Crippen LogP contribution in [-0.4, -0.2) is 29.6 Å². The van der Waals surface area contributed by atoms with Crippen LogP contribution in [0.15, 0.2) is 18.2 Å². The highest BCUT2D eigenvalue weighted by Crippen LogP contribution is 2.51. The standard InChI is InChI=1S/C13H21O5P/c1-4-17-19(16,18-5-2)9-10(3)12-7-6-11(14)8-13(12)15/h6-8,10,14-15H,4-5,9H2,1-3H3. The van der Waals surface area contributed by atoms with Crippen molar-refractivity contribution in [2.75, 3.05) is 19.4 Å². The van der Waals surface area contributed by atoms with E-state index in [-0.39, 0.29) is 23.6 Å². The molecule has 1 atom stereocenters. The molecule has 0 heterocycles. The van der Waals surface area contributed by atoms with Gasteiger partial charge in [0.15, 0.2) is 0 Å². The molecule has 0 amide bonds. The Morgan fingerprint density at radius 2 is 1.79 bits per heavy atom. The number of hydrogen-bond acceptors (Lipinski definition) is 5. The van der Waals surface area contributed by atoms with Crippen LogP contribution >= 0.6 is 7.60 Å². The van der Waals surface area contributed by atoms with Gasteiger partial charge >= 0.3 is 7.60 Å². The third-order valence-electron chi connectivity index (χ3n) is 2.69. The van der Waals surface area contributed by atoms with Crippen LogP contribution in [0.5, 0.6) is 11.5 Å². The molecular formula is C13H21O5P. The van der Waals surface area contributed by atoms with E-state index in [1.54, 1.807) is 19.9 Å². The zero-order chi connectivity index (χ0) is 14.5. The van der Waals surface area contributed by atoms with Crippen LogP contribution in [-0.2, 0) is 13.6 Å². The number of benzene rings is 1. The van der Waals surface area contributed by atoms with Crippen molar-refractivity contribution in [1.82, 2.24) is 0 Å². The Morgan fingerprint density at radius 3 is 2.26 bits per heavy atom. The predicted octanol–water partition coefficient (Wildman–Crippen LogP) is 3.47. The lowest BCUT2D eigenvalue weighted by atomic mass is 10.0. The second kappa shape index (κ2) is 6.94. The van der Waals surface area contributed by atoms with Crippen molar-refractivity contribution in [3.63, 3.8) is 0 Å². The van der Waals surface area contributed by atoms with Gasteiger partial charge in [-0.05, 0) is 31.4 Å². The van der Waals surface area contributed by atoms with Crippen molar-refractivity contribution >= 4 is 7.60 Å². The summed E-state index contributed by atoms with van der Waals surface area (Å²) in [6.07, 6.45) is 0.188. The van der Waals surface area contributed by atoms with Gasteiger partial charge < -0.3 is 19.3 Å². The lowest BCUT2D eigenvalue weighted by Gasteiger charge is -2.21. The summed E-state index contributed by atoms with van der Waals surface area (Å²) >= 11 is 0. The van der Waals surface area contributed by atoms with E-state index in [2.05, 4.69) is 0 Å². The van der Waals surface area contributed by atoms with Crippen LogP contribution in [0.2, 0.25) is 0 Å². The molecule has 0 bridgehead atoms. The van der Waals surface area contributed by atoms with Gasteiger partial charge in [0.2, 0.25) is 0 Å². The molecule has 1 aromatic rings.